The van der Waals surface area contributed by atoms with E-state index < -0.39 is 0 Å². The van der Waals surface area contributed by atoms with Gasteiger partial charge in [0.15, 0.2) is 0 Å². The Morgan fingerprint density at radius 3 is 1.73 bits per heavy atom. The molecular weight excluding hydrogens is 1110 g/mol. The molecule has 454 valence electrons. The minimum atomic E-state index is 0.0528. The fourth-order valence-electron chi connectivity index (χ4n) is 11.7. The second-order valence-electron chi connectivity index (χ2n) is 26.6. The van der Waals surface area contributed by atoms with Crippen LogP contribution in [0.4, 0.5) is 17.1 Å². The molecule has 2 unspecified atom stereocenters. The highest BCUT2D eigenvalue weighted by Crippen LogP contribution is 2.43. The minimum Gasteiger partial charge on any atom is -0.399 e. The molecule has 0 bridgehead atoms. The lowest BCUT2D eigenvalue weighted by atomic mass is 9.79. The van der Waals surface area contributed by atoms with E-state index in [0.717, 1.165) is 30.6 Å². The molecule has 3 heteroatoms. The van der Waals surface area contributed by atoms with Crippen LogP contribution in [0.5, 0.6) is 0 Å². The molecule has 2 aliphatic carbocycles. The first-order chi connectivity index (χ1) is 43.3. The summed E-state index contributed by atoms with van der Waals surface area (Å²) in [6.45, 7) is 29.6. The summed E-state index contributed by atoms with van der Waals surface area (Å²) >= 11 is 1.87. The average Bonchev–Trinajstić information content (AvgIpc) is 1.58. The third kappa shape index (κ3) is 16.2. The van der Waals surface area contributed by atoms with Crippen molar-refractivity contribution < 1.29 is 0 Å². The SMILES string of the molecule is C1=CC1.C=C(C)/C=C(\C=C/c1ccc(/C=C/CN(c2ccc(-c3ccc4sc5ccc(-c6ccccc6)cc5c4c3)cc2)c2ccc(C(C)(C)C)cc2C)cc1)C(C)(C)C.CCC(C)c1ccc(-c2ccc(N)cc2)cc1C1=C(C)C=CC(c2ccccc2)C1. The third-order valence-electron chi connectivity index (χ3n) is 17.4. The average molecular weight is 1200 g/mol. The summed E-state index contributed by atoms with van der Waals surface area (Å²) < 4.78 is 2.64. The molecule has 2 N–H and O–H groups in total. The van der Waals surface area contributed by atoms with Gasteiger partial charge in [-0.3, -0.25) is 0 Å². The number of hydrogen-bond acceptors (Lipinski definition) is 3. The van der Waals surface area contributed by atoms with E-state index in [-0.39, 0.29) is 10.8 Å². The second-order valence-corrected chi connectivity index (χ2v) is 27.7. The van der Waals surface area contributed by atoms with Crippen molar-refractivity contribution in [3.8, 4) is 33.4 Å². The quantitative estimate of drug-likeness (QED) is 0.0630. The number of benzene rings is 9. The van der Waals surface area contributed by atoms with Crippen molar-refractivity contribution in [2.24, 2.45) is 5.41 Å². The van der Waals surface area contributed by atoms with Gasteiger partial charge < -0.3 is 10.6 Å². The van der Waals surface area contributed by atoms with Crippen LogP contribution in [-0.2, 0) is 5.41 Å². The highest BCUT2D eigenvalue weighted by Gasteiger charge is 2.23. The zero-order chi connectivity index (χ0) is 63.5. The van der Waals surface area contributed by atoms with E-state index in [1.165, 1.54) is 127 Å². The lowest BCUT2D eigenvalue weighted by molar-refractivity contribution is 0.517. The third-order valence-corrected chi connectivity index (χ3v) is 18.6. The van der Waals surface area contributed by atoms with Crippen LogP contribution in [0, 0.1) is 12.3 Å². The molecule has 12 rings (SSSR count). The Kier molecular flexibility index (Phi) is 20.4. The number of allylic oxidation sites excluding steroid dienone is 10. The Balaban J connectivity index is 0.000000224. The van der Waals surface area contributed by atoms with Crippen LogP contribution in [0.3, 0.4) is 0 Å². The molecule has 1 heterocycles. The van der Waals surface area contributed by atoms with Crippen molar-refractivity contribution in [2.75, 3.05) is 17.2 Å². The Morgan fingerprint density at radius 1 is 0.633 bits per heavy atom. The van der Waals surface area contributed by atoms with Crippen LogP contribution in [-0.4, -0.2) is 6.54 Å². The molecule has 0 spiro atoms. The van der Waals surface area contributed by atoms with Crippen LogP contribution in [0.25, 0.3) is 71.3 Å². The number of hydrogen-bond donors (Lipinski definition) is 1. The number of nitrogens with zero attached hydrogens (tertiary/aromatic N) is 1. The van der Waals surface area contributed by atoms with E-state index in [1.807, 2.05) is 30.4 Å². The summed E-state index contributed by atoms with van der Waals surface area (Å²) in [6, 6.07) is 75.4. The maximum Gasteiger partial charge on any atom is 0.0443 e. The topological polar surface area (TPSA) is 29.3 Å². The Hall–Kier alpha value is -9.02. The maximum atomic E-state index is 5.91. The second kappa shape index (κ2) is 28.6. The van der Waals surface area contributed by atoms with Gasteiger partial charge in [0.25, 0.3) is 0 Å². The van der Waals surface area contributed by atoms with Gasteiger partial charge in [0, 0.05) is 49.7 Å². The van der Waals surface area contributed by atoms with Crippen LogP contribution in [0.15, 0.2) is 272 Å². The molecule has 0 fully saturated rings. The van der Waals surface area contributed by atoms with Gasteiger partial charge in [-0.25, -0.2) is 0 Å². The van der Waals surface area contributed by atoms with Gasteiger partial charge in [0.2, 0.25) is 0 Å². The number of aryl methyl sites for hydroxylation is 1. The molecule has 0 amide bonds. The molecule has 2 atom stereocenters. The van der Waals surface area contributed by atoms with Crippen molar-refractivity contribution in [3.05, 3.63) is 311 Å². The van der Waals surface area contributed by atoms with E-state index in [4.69, 9.17) is 5.73 Å². The molecule has 2 nitrogen and oxygen atoms in total. The lowest BCUT2D eigenvalue weighted by Gasteiger charge is -2.28. The van der Waals surface area contributed by atoms with E-state index in [9.17, 15) is 0 Å². The molecular formula is C87H90N2S. The Bertz CT molecular complexity index is 4290. The lowest BCUT2D eigenvalue weighted by Crippen LogP contribution is -2.19. The highest BCUT2D eigenvalue weighted by molar-refractivity contribution is 7.25. The first kappa shape index (κ1) is 64.0. The number of fused-ring (bicyclic) bond motifs is 3. The number of nitrogens with two attached hydrogens (primary N) is 1. The first-order valence-electron chi connectivity index (χ1n) is 32.2. The Morgan fingerprint density at radius 2 is 1.18 bits per heavy atom. The number of thiophene rings is 1. The van der Waals surface area contributed by atoms with Crippen LogP contribution in [0.2, 0.25) is 0 Å². The van der Waals surface area contributed by atoms with Gasteiger partial charge >= 0.3 is 0 Å². The van der Waals surface area contributed by atoms with Crippen molar-refractivity contribution in [2.45, 2.75) is 113 Å². The summed E-state index contributed by atoms with van der Waals surface area (Å²) in [5, 5.41) is 2.63. The zero-order valence-corrected chi connectivity index (χ0v) is 55.8. The van der Waals surface area contributed by atoms with E-state index in [1.54, 1.807) is 0 Å². The summed E-state index contributed by atoms with van der Waals surface area (Å²) in [4.78, 5) is 2.43. The van der Waals surface area contributed by atoms with Crippen LogP contribution >= 0.6 is 11.3 Å². The molecule has 0 radical (unpaired) electrons. The van der Waals surface area contributed by atoms with Crippen molar-refractivity contribution in [1.82, 2.24) is 0 Å². The molecule has 9 aromatic carbocycles. The molecule has 0 saturated heterocycles. The maximum absolute atomic E-state index is 5.91. The predicted molar refractivity (Wildman–Crippen MR) is 398 cm³/mol. The smallest absolute Gasteiger partial charge is 0.0443 e. The summed E-state index contributed by atoms with van der Waals surface area (Å²) in [5.41, 5.74) is 31.1. The first-order valence-corrected chi connectivity index (χ1v) is 33.0. The summed E-state index contributed by atoms with van der Waals surface area (Å²) in [7, 11) is 0. The molecule has 2 aliphatic rings. The van der Waals surface area contributed by atoms with E-state index in [0.29, 0.717) is 11.8 Å². The normalized spacial score (nSPS) is 14.4. The van der Waals surface area contributed by atoms with Crippen molar-refractivity contribution >= 4 is 66.3 Å². The molecule has 0 saturated carbocycles. The largest absolute Gasteiger partial charge is 0.399 e. The standard InChI is InChI=1S/C55H55NS.C29H31N.C3H4/c1-38(2)34-46(54(4,5)6)26-21-41-19-17-40(18-20-41)14-13-33-56(51-30-27-47(35-39(51)3)55(7,8)9)48-28-22-43(23-29-48)45-25-32-53-50(37-45)49-36-44(24-31-52(49)57-53)42-15-11-10-12-16-42;1-4-20(2)27-17-14-25(23-12-15-26(30)16-13-23)19-29(27)28-18-24(11-10-21(28)3)22-8-6-5-7-9-22;1-2-3-1/h10-32,34-37H,1,33H2,2-9H3;5-17,19-20,24H,4,18,30H2,1-3H3;1-2H,3H2/b14-13+,26-21-,46-34+;;. The molecule has 0 aliphatic heterocycles. The van der Waals surface area contributed by atoms with E-state index in [2.05, 4.69) is 330 Å². The summed E-state index contributed by atoms with van der Waals surface area (Å²) in [5.74, 6) is 0.955. The molecule has 1 aromatic heterocycles. The number of nitrogen functional groups attached to an aromatic ring is 1. The van der Waals surface area contributed by atoms with Crippen molar-refractivity contribution in [1.29, 1.82) is 0 Å². The van der Waals surface area contributed by atoms with Gasteiger partial charge in [-0.2, -0.15) is 0 Å². The Labute approximate surface area is 542 Å². The van der Waals surface area contributed by atoms with Gasteiger partial charge in [-0.15, -0.1) is 11.3 Å². The van der Waals surface area contributed by atoms with Gasteiger partial charge in [0.05, 0.1) is 0 Å². The number of anilines is 3. The molecule has 10 aromatic rings. The van der Waals surface area contributed by atoms with Gasteiger partial charge in [-0.1, -0.05) is 268 Å². The fraction of sp³-hybridized carbons (Fsp3) is 0.218. The minimum absolute atomic E-state index is 0.0528. The van der Waals surface area contributed by atoms with Crippen molar-refractivity contribution in [3.63, 3.8) is 0 Å². The predicted octanol–water partition coefficient (Wildman–Crippen LogP) is 25.3. The van der Waals surface area contributed by atoms with E-state index >= 15 is 0 Å². The fourth-order valence-corrected chi connectivity index (χ4v) is 12.8. The van der Waals surface area contributed by atoms with Gasteiger partial charge in [0.1, 0.15) is 0 Å². The van der Waals surface area contributed by atoms with Crippen LogP contribution in [0.1, 0.15) is 139 Å². The number of rotatable bonds is 15. The van der Waals surface area contributed by atoms with Crippen LogP contribution < -0.4 is 10.6 Å². The highest BCUT2D eigenvalue weighted by atomic mass is 32.1. The molecule has 90 heavy (non-hydrogen) atoms. The zero-order valence-electron chi connectivity index (χ0n) is 54.9. The summed E-state index contributed by atoms with van der Waals surface area (Å²) in [6.07, 6.45) is 23.5. The monoisotopic (exact) mass is 1190 g/mol. The van der Waals surface area contributed by atoms with Gasteiger partial charge in [-0.05, 0) is 206 Å².